The van der Waals surface area contributed by atoms with Crippen molar-refractivity contribution in [3.8, 4) is 22.4 Å². The lowest BCUT2D eigenvalue weighted by Crippen LogP contribution is -1.97. The van der Waals surface area contributed by atoms with Crippen LogP contribution in [0, 0.1) is 5.82 Å². The number of aliphatic hydroxyl groups is 1. The number of aliphatic hydroxyl groups excluding tert-OH is 1. The summed E-state index contributed by atoms with van der Waals surface area (Å²) < 4.78 is 14.7. The number of unbranched alkanes of at least 4 members (excludes halogenated alkanes) is 1. The Morgan fingerprint density at radius 2 is 1.83 bits per heavy atom. The zero-order valence-electron chi connectivity index (χ0n) is 17.4. The van der Waals surface area contributed by atoms with Crippen LogP contribution >= 0.6 is 0 Å². The van der Waals surface area contributed by atoms with Gasteiger partial charge in [-0.05, 0) is 61.4 Å². The van der Waals surface area contributed by atoms with Crippen LogP contribution in [0.5, 0.6) is 0 Å². The second kappa shape index (κ2) is 10.7. The Kier molecular flexibility index (Phi) is 7.69. The summed E-state index contributed by atoms with van der Waals surface area (Å²) in [6.07, 6.45) is 10.8. The third-order valence-electron chi connectivity index (χ3n) is 4.99. The van der Waals surface area contributed by atoms with E-state index in [1.165, 1.54) is 0 Å². The normalized spacial score (nSPS) is 12.2. The monoisotopic (exact) mass is 401 g/mol. The van der Waals surface area contributed by atoms with E-state index >= 15 is 0 Å². The minimum absolute atomic E-state index is 0.235. The van der Waals surface area contributed by atoms with Gasteiger partial charge in [0.05, 0.1) is 11.8 Å². The van der Waals surface area contributed by atoms with E-state index < -0.39 is 0 Å². The van der Waals surface area contributed by atoms with Crippen LogP contribution in [0.1, 0.15) is 37.3 Å². The zero-order chi connectivity index (χ0) is 21.3. The van der Waals surface area contributed by atoms with Gasteiger partial charge in [-0.15, -0.1) is 6.58 Å². The van der Waals surface area contributed by atoms with E-state index in [0.29, 0.717) is 5.56 Å². The molecule has 0 radical (unpaired) electrons. The van der Waals surface area contributed by atoms with E-state index in [-0.39, 0.29) is 11.9 Å². The van der Waals surface area contributed by atoms with Crippen molar-refractivity contribution in [1.82, 2.24) is 4.98 Å². The highest BCUT2D eigenvalue weighted by molar-refractivity contribution is 5.70. The van der Waals surface area contributed by atoms with Crippen molar-refractivity contribution >= 4 is 6.08 Å². The summed E-state index contributed by atoms with van der Waals surface area (Å²) in [5.74, 6) is -0.235. The molecular formula is C27H28FNO. The van der Waals surface area contributed by atoms with Gasteiger partial charge in [-0.3, -0.25) is 4.98 Å². The molecule has 2 nitrogen and oxygen atoms in total. The molecule has 3 rings (SSSR count). The number of nitrogens with zero attached hydrogens (tertiary/aromatic N) is 1. The third kappa shape index (κ3) is 5.98. The fourth-order valence-corrected chi connectivity index (χ4v) is 3.32. The highest BCUT2D eigenvalue weighted by atomic mass is 19.1. The van der Waals surface area contributed by atoms with E-state index in [9.17, 15) is 9.50 Å². The SMILES string of the molecule is C=CCc1ccc(-c2ccc(-c3ccc(/C=C/CCCC(C)O)cc3F)cc2)nc1. The van der Waals surface area contributed by atoms with E-state index in [2.05, 4.69) is 11.6 Å². The molecule has 2 aromatic carbocycles. The summed E-state index contributed by atoms with van der Waals surface area (Å²) >= 11 is 0. The van der Waals surface area contributed by atoms with Gasteiger partial charge in [0.1, 0.15) is 5.82 Å². The van der Waals surface area contributed by atoms with Crippen LogP contribution in [0.2, 0.25) is 0 Å². The third-order valence-corrected chi connectivity index (χ3v) is 4.99. The van der Waals surface area contributed by atoms with Crippen LogP contribution in [0.4, 0.5) is 4.39 Å². The summed E-state index contributed by atoms with van der Waals surface area (Å²) in [4.78, 5) is 4.51. The molecule has 0 spiro atoms. The van der Waals surface area contributed by atoms with Crippen molar-refractivity contribution in [2.75, 3.05) is 0 Å². The standard InChI is InChI=1S/C27H28FNO/c1-3-7-22-11-17-27(29-19-22)24-14-12-23(13-15-24)25-16-10-21(18-26(25)28)9-6-4-5-8-20(2)30/h3,6,9-20,30H,1,4-5,7-8H2,2H3/b9-6+. The second-order valence-corrected chi connectivity index (χ2v) is 7.54. The molecule has 1 aromatic heterocycles. The van der Waals surface area contributed by atoms with Crippen molar-refractivity contribution < 1.29 is 9.50 Å². The van der Waals surface area contributed by atoms with Gasteiger partial charge in [-0.1, -0.05) is 60.7 Å². The Morgan fingerprint density at radius 3 is 2.47 bits per heavy atom. The second-order valence-electron chi connectivity index (χ2n) is 7.54. The topological polar surface area (TPSA) is 33.1 Å². The molecule has 0 aliphatic rings. The molecular weight excluding hydrogens is 373 g/mol. The fraction of sp³-hybridized carbons (Fsp3) is 0.222. The molecule has 0 aliphatic heterocycles. The molecule has 1 unspecified atom stereocenters. The molecule has 3 heteroatoms. The van der Waals surface area contributed by atoms with E-state index in [4.69, 9.17) is 0 Å². The first-order valence-electron chi connectivity index (χ1n) is 10.4. The first-order chi connectivity index (χ1) is 14.6. The lowest BCUT2D eigenvalue weighted by atomic mass is 10.0. The van der Waals surface area contributed by atoms with E-state index in [1.54, 1.807) is 13.0 Å². The molecule has 30 heavy (non-hydrogen) atoms. The van der Waals surface area contributed by atoms with E-state index in [0.717, 1.165) is 53.6 Å². The lowest BCUT2D eigenvalue weighted by molar-refractivity contribution is 0.182. The van der Waals surface area contributed by atoms with Crippen LogP contribution in [0.3, 0.4) is 0 Å². The van der Waals surface area contributed by atoms with Crippen molar-refractivity contribution in [3.63, 3.8) is 0 Å². The van der Waals surface area contributed by atoms with Crippen molar-refractivity contribution in [3.05, 3.63) is 96.5 Å². The molecule has 0 saturated carbocycles. The first-order valence-corrected chi connectivity index (χ1v) is 10.4. The average Bonchev–Trinajstić information content (AvgIpc) is 2.74. The molecule has 0 saturated heterocycles. The molecule has 1 N–H and O–H groups in total. The largest absolute Gasteiger partial charge is 0.393 e. The Labute approximate surface area is 178 Å². The molecule has 1 atom stereocenters. The molecule has 154 valence electrons. The van der Waals surface area contributed by atoms with Crippen molar-refractivity contribution in [2.45, 2.75) is 38.7 Å². The minimum Gasteiger partial charge on any atom is -0.393 e. The minimum atomic E-state index is -0.270. The molecule has 3 aromatic rings. The average molecular weight is 402 g/mol. The van der Waals surface area contributed by atoms with Crippen LogP contribution in [-0.4, -0.2) is 16.2 Å². The highest BCUT2D eigenvalue weighted by Crippen LogP contribution is 2.27. The molecule has 0 fully saturated rings. The number of hydrogen-bond acceptors (Lipinski definition) is 2. The number of halogens is 1. The van der Waals surface area contributed by atoms with Gasteiger partial charge in [-0.2, -0.15) is 0 Å². The lowest BCUT2D eigenvalue weighted by Gasteiger charge is -2.07. The number of pyridine rings is 1. The maximum Gasteiger partial charge on any atom is 0.131 e. The smallest absolute Gasteiger partial charge is 0.131 e. The van der Waals surface area contributed by atoms with Crippen LogP contribution in [-0.2, 0) is 6.42 Å². The maximum absolute atomic E-state index is 14.7. The number of benzene rings is 2. The number of allylic oxidation sites excluding steroid dienone is 2. The van der Waals surface area contributed by atoms with Gasteiger partial charge in [0, 0.05) is 17.3 Å². The van der Waals surface area contributed by atoms with Gasteiger partial charge in [-0.25, -0.2) is 4.39 Å². The summed E-state index contributed by atoms with van der Waals surface area (Å²) in [6, 6.07) is 17.2. The van der Waals surface area contributed by atoms with Crippen LogP contribution < -0.4 is 0 Å². The van der Waals surface area contributed by atoms with Gasteiger partial charge in [0.2, 0.25) is 0 Å². The number of hydrogen-bond donors (Lipinski definition) is 1. The van der Waals surface area contributed by atoms with Crippen molar-refractivity contribution in [2.24, 2.45) is 0 Å². The summed E-state index contributed by atoms with van der Waals surface area (Å²) in [5.41, 5.74) is 5.29. The Bertz CT molecular complexity index is 988. The first kappa shape index (κ1) is 21.7. The predicted octanol–water partition coefficient (Wildman–Crippen LogP) is 6.85. The molecule has 0 amide bonds. The predicted molar refractivity (Wildman–Crippen MR) is 124 cm³/mol. The van der Waals surface area contributed by atoms with E-state index in [1.807, 2.05) is 73.0 Å². The van der Waals surface area contributed by atoms with Crippen LogP contribution in [0.15, 0.2) is 79.5 Å². The van der Waals surface area contributed by atoms with Gasteiger partial charge in [0.15, 0.2) is 0 Å². The zero-order valence-corrected chi connectivity index (χ0v) is 17.4. The summed E-state index contributed by atoms with van der Waals surface area (Å²) in [7, 11) is 0. The maximum atomic E-state index is 14.7. The van der Waals surface area contributed by atoms with Gasteiger partial charge >= 0.3 is 0 Å². The summed E-state index contributed by atoms with van der Waals surface area (Å²) in [6.45, 7) is 5.54. The van der Waals surface area contributed by atoms with Crippen molar-refractivity contribution in [1.29, 1.82) is 0 Å². The number of rotatable bonds is 9. The van der Waals surface area contributed by atoms with Crippen LogP contribution in [0.25, 0.3) is 28.5 Å². The van der Waals surface area contributed by atoms with Gasteiger partial charge < -0.3 is 5.11 Å². The number of aromatic nitrogens is 1. The molecule has 0 bridgehead atoms. The highest BCUT2D eigenvalue weighted by Gasteiger charge is 2.07. The summed E-state index contributed by atoms with van der Waals surface area (Å²) in [5, 5.41) is 9.28. The Hall–Kier alpha value is -3.04. The Morgan fingerprint density at radius 1 is 1.07 bits per heavy atom. The molecule has 1 heterocycles. The fourth-order valence-electron chi connectivity index (χ4n) is 3.32. The molecule has 0 aliphatic carbocycles. The Balaban J connectivity index is 1.68. The quantitative estimate of drug-likeness (QED) is 0.314. The van der Waals surface area contributed by atoms with Gasteiger partial charge in [0.25, 0.3) is 0 Å².